The number of carbonyl (C=O) groups is 2. The summed E-state index contributed by atoms with van der Waals surface area (Å²) in [6.07, 6.45) is 78.3. The molecular weight excluding hydrogens is 1010 g/mol. The molecule has 0 rings (SSSR count). The molecule has 3 atom stereocenters. The Morgan fingerprint density at radius 3 is 1.16 bits per heavy atom. The maximum atomic E-state index is 13.6. The van der Waals surface area contributed by atoms with Gasteiger partial charge in [-0.1, -0.05) is 260 Å². The molecule has 9 nitrogen and oxygen atoms in total. The summed E-state index contributed by atoms with van der Waals surface area (Å²) in [4.78, 5) is 40.1. The fraction of sp³-hybridized carbons (Fsp3) is 0.771. The van der Waals surface area contributed by atoms with Gasteiger partial charge >= 0.3 is 5.97 Å². The first-order valence-electron chi connectivity index (χ1n) is 33.4. The molecule has 10 heteroatoms. The predicted molar refractivity (Wildman–Crippen MR) is 344 cm³/mol. The summed E-state index contributed by atoms with van der Waals surface area (Å²) in [5.41, 5.74) is 0. The van der Waals surface area contributed by atoms with Gasteiger partial charge in [-0.2, -0.15) is 0 Å². The minimum atomic E-state index is -4.71. The van der Waals surface area contributed by atoms with E-state index in [1.54, 1.807) is 0 Å². The van der Waals surface area contributed by atoms with Gasteiger partial charge in [0, 0.05) is 12.8 Å². The van der Waals surface area contributed by atoms with Crippen LogP contribution in [0.4, 0.5) is 0 Å². The zero-order valence-electron chi connectivity index (χ0n) is 53.0. The van der Waals surface area contributed by atoms with E-state index in [-0.39, 0.29) is 24.9 Å². The van der Waals surface area contributed by atoms with Crippen LogP contribution >= 0.6 is 7.82 Å². The Morgan fingerprint density at radius 2 is 0.762 bits per heavy atom. The van der Waals surface area contributed by atoms with Gasteiger partial charge in [0.2, 0.25) is 5.91 Å². The van der Waals surface area contributed by atoms with Gasteiger partial charge in [-0.3, -0.25) is 14.2 Å². The van der Waals surface area contributed by atoms with Crippen LogP contribution in [0.15, 0.2) is 85.1 Å². The van der Waals surface area contributed by atoms with Gasteiger partial charge in [0.25, 0.3) is 7.82 Å². The van der Waals surface area contributed by atoms with Crippen LogP contribution in [0.3, 0.4) is 0 Å². The molecule has 0 saturated carbocycles. The fourth-order valence-corrected chi connectivity index (χ4v) is 10.1. The summed E-state index contributed by atoms with van der Waals surface area (Å²) >= 11 is 0. The highest BCUT2D eigenvalue weighted by atomic mass is 31.2. The van der Waals surface area contributed by atoms with Crippen LogP contribution < -0.4 is 10.2 Å². The number of ether oxygens (including phenoxy) is 1. The van der Waals surface area contributed by atoms with E-state index < -0.39 is 26.6 Å². The third kappa shape index (κ3) is 59.8. The fourth-order valence-electron chi connectivity index (χ4n) is 9.36. The number of quaternary nitrogens is 1. The first-order chi connectivity index (χ1) is 38.9. The lowest BCUT2D eigenvalue weighted by Gasteiger charge is -2.30. The second-order valence-electron chi connectivity index (χ2n) is 23.6. The standard InChI is InChI=1S/C70H127N2O7P/c1-7-10-13-16-19-22-25-28-30-32-33-34-35-36-37-38-39-41-42-44-47-50-53-56-59-62-69(73)71-67(66-78-80(75,76)77-65-64-72(4,5)6)68(61-58-55-52-49-46-27-24-21-18-15-12-9-3)79-70(74)63-60-57-54-51-48-45-43-40-31-29-26-23-20-17-14-11-8-2/h19-20,22-23,28-31,33-34,36-37,58,61,67-68H,7-18,21,24-27,32,35,38-57,59-60,62-66H2,1-6H3,(H-,71,73,75,76)/b22-19-,23-20-,30-28-,31-29-,34-33-,37-36-,61-58-. The number of amides is 1. The molecule has 0 saturated heterocycles. The molecule has 0 radical (unpaired) electrons. The number of phosphoric acid groups is 1. The van der Waals surface area contributed by atoms with Crippen molar-refractivity contribution in [3.63, 3.8) is 0 Å². The second-order valence-corrected chi connectivity index (χ2v) is 25.0. The summed E-state index contributed by atoms with van der Waals surface area (Å²) in [6, 6.07) is -0.899. The molecule has 0 aromatic heterocycles. The molecule has 1 amide bonds. The van der Waals surface area contributed by atoms with E-state index in [1.807, 2.05) is 33.3 Å². The van der Waals surface area contributed by atoms with Gasteiger partial charge in [-0.05, 0) is 109 Å². The molecule has 0 aromatic rings. The van der Waals surface area contributed by atoms with Gasteiger partial charge in [0.1, 0.15) is 19.3 Å². The first kappa shape index (κ1) is 77.2. The molecule has 0 spiro atoms. The topological polar surface area (TPSA) is 114 Å². The highest BCUT2D eigenvalue weighted by Gasteiger charge is 2.27. The van der Waals surface area contributed by atoms with E-state index in [2.05, 4.69) is 99.0 Å². The van der Waals surface area contributed by atoms with E-state index >= 15 is 0 Å². The molecule has 0 aliphatic rings. The maximum absolute atomic E-state index is 13.6. The highest BCUT2D eigenvalue weighted by molar-refractivity contribution is 7.45. The smallest absolute Gasteiger partial charge is 0.306 e. The summed E-state index contributed by atoms with van der Waals surface area (Å²) < 4.78 is 30.4. The third-order valence-corrected chi connectivity index (χ3v) is 15.5. The lowest BCUT2D eigenvalue weighted by atomic mass is 10.0. The molecule has 0 aliphatic heterocycles. The van der Waals surface area contributed by atoms with Crippen molar-refractivity contribution in [3.8, 4) is 0 Å². The molecule has 0 bridgehead atoms. The molecule has 3 unspecified atom stereocenters. The van der Waals surface area contributed by atoms with Crippen LogP contribution in [-0.2, 0) is 27.9 Å². The van der Waals surface area contributed by atoms with E-state index in [0.29, 0.717) is 17.4 Å². The number of esters is 1. The first-order valence-corrected chi connectivity index (χ1v) is 34.9. The van der Waals surface area contributed by atoms with Gasteiger partial charge in [0.15, 0.2) is 0 Å². The summed E-state index contributed by atoms with van der Waals surface area (Å²) in [7, 11) is 1.17. The largest absolute Gasteiger partial charge is 0.756 e. The van der Waals surface area contributed by atoms with Gasteiger partial charge < -0.3 is 28.5 Å². The van der Waals surface area contributed by atoms with Gasteiger partial charge in [0.05, 0.1) is 33.8 Å². The van der Waals surface area contributed by atoms with E-state index in [4.69, 9.17) is 13.8 Å². The normalized spacial score (nSPS) is 14.1. The number of phosphoric ester groups is 1. The van der Waals surface area contributed by atoms with Gasteiger partial charge in [-0.15, -0.1) is 0 Å². The van der Waals surface area contributed by atoms with E-state index in [9.17, 15) is 19.0 Å². The maximum Gasteiger partial charge on any atom is 0.306 e. The van der Waals surface area contributed by atoms with Crippen LogP contribution in [0.2, 0.25) is 0 Å². The molecule has 1 N–H and O–H groups in total. The minimum Gasteiger partial charge on any atom is -0.756 e. The molecular formula is C70H127N2O7P. The Hall–Kier alpha value is -2.81. The van der Waals surface area contributed by atoms with Crippen molar-refractivity contribution in [1.82, 2.24) is 5.32 Å². The summed E-state index contributed by atoms with van der Waals surface area (Å²) in [5, 5.41) is 3.03. The van der Waals surface area contributed by atoms with Crippen LogP contribution in [0.1, 0.15) is 297 Å². The molecule has 464 valence electrons. The van der Waals surface area contributed by atoms with Crippen LogP contribution in [0.5, 0.6) is 0 Å². The number of hydrogen-bond acceptors (Lipinski definition) is 7. The van der Waals surface area contributed by atoms with Crippen LogP contribution in [0.25, 0.3) is 0 Å². The summed E-state index contributed by atoms with van der Waals surface area (Å²) in [6.45, 7) is 6.79. The molecule has 80 heavy (non-hydrogen) atoms. The molecule has 0 fully saturated rings. The molecule has 0 aliphatic carbocycles. The lowest BCUT2D eigenvalue weighted by molar-refractivity contribution is -0.870. The monoisotopic (exact) mass is 1140 g/mol. The van der Waals surface area contributed by atoms with Gasteiger partial charge in [-0.25, -0.2) is 0 Å². The number of unbranched alkanes of at least 4 members (excludes halogenated alkanes) is 32. The van der Waals surface area contributed by atoms with Crippen LogP contribution in [0, 0.1) is 0 Å². The second kappa shape index (κ2) is 59.4. The number of nitrogens with zero attached hydrogens (tertiary/aromatic N) is 1. The van der Waals surface area contributed by atoms with Crippen molar-refractivity contribution in [2.24, 2.45) is 0 Å². The van der Waals surface area contributed by atoms with Crippen molar-refractivity contribution in [2.75, 3.05) is 40.9 Å². The number of allylic oxidation sites excluding steroid dienone is 13. The van der Waals surface area contributed by atoms with Crippen molar-refractivity contribution in [1.29, 1.82) is 0 Å². The van der Waals surface area contributed by atoms with Crippen LogP contribution in [-0.4, -0.2) is 69.4 Å². The Kier molecular flexibility index (Phi) is 57.3. The SMILES string of the molecule is CCCCC/C=C\C/C=C\C/C=C\C/C=C\CCCCCCCCCCCC(=O)NC(COP(=O)([O-])OCC[N+](C)(C)C)C(/C=C\CCCCCCCCCCCC)OC(=O)CCCCCCCCC/C=C\C/C=C\CCCCC. The quantitative estimate of drug-likeness (QED) is 0.0212. The number of likely N-dealkylation sites (N-methyl/N-ethyl adjacent to an activating group) is 1. The van der Waals surface area contributed by atoms with E-state index in [0.717, 1.165) is 109 Å². The van der Waals surface area contributed by atoms with Crippen molar-refractivity contribution in [2.45, 2.75) is 309 Å². The molecule has 0 aromatic carbocycles. The zero-order chi connectivity index (χ0) is 58.6. The molecule has 0 heterocycles. The Labute approximate surface area is 495 Å². The predicted octanol–water partition coefficient (Wildman–Crippen LogP) is 20.3. The Balaban J connectivity index is 5.16. The Bertz CT molecular complexity index is 1640. The number of nitrogens with one attached hydrogen (secondary N) is 1. The van der Waals surface area contributed by atoms with E-state index in [1.165, 1.54) is 154 Å². The number of carbonyl (C=O) groups excluding carboxylic acids is 2. The number of hydrogen-bond donors (Lipinski definition) is 1. The van der Waals surface area contributed by atoms with Crippen molar-refractivity contribution in [3.05, 3.63) is 85.1 Å². The Morgan fingerprint density at radius 1 is 0.438 bits per heavy atom. The van der Waals surface area contributed by atoms with Crippen molar-refractivity contribution >= 4 is 19.7 Å². The average molecular weight is 1140 g/mol. The zero-order valence-corrected chi connectivity index (χ0v) is 53.9. The van der Waals surface area contributed by atoms with Crippen molar-refractivity contribution < 1.29 is 37.3 Å². The lowest BCUT2D eigenvalue weighted by Crippen LogP contribution is -2.47. The average Bonchev–Trinajstić information content (AvgIpc) is 3.42. The highest BCUT2D eigenvalue weighted by Crippen LogP contribution is 2.38. The summed E-state index contributed by atoms with van der Waals surface area (Å²) in [5.74, 6) is -0.554. The third-order valence-electron chi connectivity index (χ3n) is 14.5. The minimum absolute atomic E-state index is 0.0278. The number of rotatable bonds is 60.